The number of carbonyl (C=O) groups excluding carboxylic acids is 2. The predicted molar refractivity (Wildman–Crippen MR) is 91.0 cm³/mol. The molecule has 1 unspecified atom stereocenters. The van der Waals surface area contributed by atoms with Crippen LogP contribution in [-0.2, 0) is 9.53 Å². The SMILES string of the molecule is Cc1cccc(NC(=O)N2CCN(C(=O)C3COCCN3)CC2)c1. The van der Waals surface area contributed by atoms with E-state index in [1.165, 1.54) is 0 Å². The van der Waals surface area contributed by atoms with Crippen LogP contribution in [0.15, 0.2) is 24.3 Å². The minimum Gasteiger partial charge on any atom is -0.378 e. The Morgan fingerprint density at radius 3 is 2.62 bits per heavy atom. The number of morpholine rings is 1. The van der Waals surface area contributed by atoms with E-state index in [9.17, 15) is 9.59 Å². The molecule has 130 valence electrons. The molecule has 0 aliphatic carbocycles. The highest BCUT2D eigenvalue weighted by molar-refractivity contribution is 5.89. The van der Waals surface area contributed by atoms with Crippen LogP contribution in [-0.4, -0.2) is 73.7 Å². The Labute approximate surface area is 141 Å². The maximum atomic E-state index is 12.4. The van der Waals surface area contributed by atoms with Crippen molar-refractivity contribution in [2.24, 2.45) is 0 Å². The number of rotatable bonds is 2. The van der Waals surface area contributed by atoms with E-state index in [1.54, 1.807) is 4.90 Å². The van der Waals surface area contributed by atoms with Crippen molar-refractivity contribution in [1.29, 1.82) is 0 Å². The van der Waals surface area contributed by atoms with E-state index in [0.29, 0.717) is 45.9 Å². The van der Waals surface area contributed by atoms with Crippen LogP contribution in [0.25, 0.3) is 0 Å². The molecule has 1 atom stereocenters. The van der Waals surface area contributed by atoms with Gasteiger partial charge >= 0.3 is 6.03 Å². The molecule has 3 amide bonds. The van der Waals surface area contributed by atoms with Gasteiger partial charge in [-0.2, -0.15) is 0 Å². The van der Waals surface area contributed by atoms with Gasteiger partial charge in [0.1, 0.15) is 6.04 Å². The molecule has 0 bridgehead atoms. The van der Waals surface area contributed by atoms with Gasteiger partial charge in [0.05, 0.1) is 13.2 Å². The minimum absolute atomic E-state index is 0.0634. The highest BCUT2D eigenvalue weighted by Gasteiger charge is 2.30. The highest BCUT2D eigenvalue weighted by Crippen LogP contribution is 2.12. The van der Waals surface area contributed by atoms with Crippen LogP contribution in [0.2, 0.25) is 0 Å². The second-order valence-corrected chi connectivity index (χ2v) is 6.19. The predicted octanol–water partition coefficient (Wildman–Crippen LogP) is 0.660. The normalized spacial score (nSPS) is 21.5. The zero-order valence-electron chi connectivity index (χ0n) is 14.0. The Morgan fingerprint density at radius 2 is 1.96 bits per heavy atom. The lowest BCUT2D eigenvalue weighted by Gasteiger charge is -2.37. The van der Waals surface area contributed by atoms with E-state index in [2.05, 4.69) is 10.6 Å². The molecule has 2 saturated heterocycles. The number of hydrogen-bond donors (Lipinski definition) is 2. The zero-order chi connectivity index (χ0) is 16.9. The molecule has 2 heterocycles. The van der Waals surface area contributed by atoms with Gasteiger partial charge in [0.25, 0.3) is 0 Å². The molecule has 0 spiro atoms. The molecule has 1 aromatic carbocycles. The molecule has 0 saturated carbocycles. The third-order valence-electron chi connectivity index (χ3n) is 4.37. The molecule has 1 aromatic rings. The molecule has 24 heavy (non-hydrogen) atoms. The summed E-state index contributed by atoms with van der Waals surface area (Å²) in [5.74, 6) is 0.0634. The summed E-state index contributed by atoms with van der Waals surface area (Å²) in [7, 11) is 0. The molecular weight excluding hydrogens is 308 g/mol. The van der Waals surface area contributed by atoms with Crippen molar-refractivity contribution in [2.45, 2.75) is 13.0 Å². The second kappa shape index (κ2) is 7.63. The monoisotopic (exact) mass is 332 g/mol. The molecule has 2 N–H and O–H groups in total. The first-order chi connectivity index (χ1) is 11.6. The number of nitrogens with zero attached hydrogens (tertiary/aromatic N) is 2. The van der Waals surface area contributed by atoms with E-state index in [0.717, 1.165) is 11.3 Å². The average molecular weight is 332 g/mol. The molecule has 2 aliphatic rings. The third-order valence-corrected chi connectivity index (χ3v) is 4.37. The molecule has 3 rings (SSSR count). The summed E-state index contributed by atoms with van der Waals surface area (Å²) >= 11 is 0. The summed E-state index contributed by atoms with van der Waals surface area (Å²) in [6, 6.07) is 7.34. The standard InChI is InChI=1S/C17H24N4O3/c1-13-3-2-4-14(11-13)19-17(23)21-8-6-20(7-9-21)16(22)15-12-24-10-5-18-15/h2-4,11,15,18H,5-10,12H2,1H3,(H,19,23). The van der Waals surface area contributed by atoms with Crippen molar-refractivity contribution in [3.8, 4) is 0 Å². The first-order valence-electron chi connectivity index (χ1n) is 8.36. The van der Waals surface area contributed by atoms with E-state index < -0.39 is 0 Å². The van der Waals surface area contributed by atoms with Gasteiger partial charge in [-0.25, -0.2) is 4.79 Å². The van der Waals surface area contributed by atoms with Crippen molar-refractivity contribution < 1.29 is 14.3 Å². The first-order valence-corrected chi connectivity index (χ1v) is 8.36. The highest BCUT2D eigenvalue weighted by atomic mass is 16.5. The van der Waals surface area contributed by atoms with Crippen molar-refractivity contribution in [3.05, 3.63) is 29.8 Å². The summed E-state index contributed by atoms with van der Waals surface area (Å²) < 4.78 is 5.34. The van der Waals surface area contributed by atoms with Gasteiger partial charge in [0, 0.05) is 38.4 Å². The average Bonchev–Trinajstić information content (AvgIpc) is 2.62. The fourth-order valence-corrected chi connectivity index (χ4v) is 3.00. The Bertz CT molecular complexity index is 593. The number of benzene rings is 1. The summed E-state index contributed by atoms with van der Waals surface area (Å²) in [6.07, 6.45) is 0. The largest absolute Gasteiger partial charge is 0.378 e. The summed E-state index contributed by atoms with van der Waals surface area (Å²) in [6.45, 7) is 5.95. The number of amides is 3. The fourth-order valence-electron chi connectivity index (χ4n) is 3.00. The zero-order valence-corrected chi connectivity index (χ0v) is 14.0. The van der Waals surface area contributed by atoms with Gasteiger partial charge in [-0.15, -0.1) is 0 Å². The van der Waals surface area contributed by atoms with Crippen LogP contribution in [0.1, 0.15) is 5.56 Å². The Morgan fingerprint density at radius 1 is 1.21 bits per heavy atom. The third kappa shape index (κ3) is 4.04. The number of hydrogen-bond acceptors (Lipinski definition) is 4. The van der Waals surface area contributed by atoms with Crippen LogP contribution >= 0.6 is 0 Å². The van der Waals surface area contributed by atoms with Gasteiger partial charge < -0.3 is 25.2 Å². The van der Waals surface area contributed by atoms with Crippen LogP contribution < -0.4 is 10.6 Å². The molecular formula is C17H24N4O3. The fraction of sp³-hybridized carbons (Fsp3) is 0.529. The molecule has 2 fully saturated rings. The number of aryl methyl sites for hydroxylation is 1. The first kappa shape index (κ1) is 16.7. The number of piperazine rings is 1. The Hall–Kier alpha value is -2.12. The number of anilines is 1. The molecule has 0 aromatic heterocycles. The van der Waals surface area contributed by atoms with E-state index in [4.69, 9.17) is 4.74 Å². The van der Waals surface area contributed by atoms with Crippen molar-refractivity contribution >= 4 is 17.6 Å². The van der Waals surface area contributed by atoms with Gasteiger partial charge in [-0.1, -0.05) is 12.1 Å². The number of ether oxygens (including phenoxy) is 1. The molecule has 7 heteroatoms. The topological polar surface area (TPSA) is 73.9 Å². The lowest BCUT2D eigenvalue weighted by Crippen LogP contribution is -2.58. The van der Waals surface area contributed by atoms with Crippen LogP contribution in [0.4, 0.5) is 10.5 Å². The Balaban J connectivity index is 1.49. The smallest absolute Gasteiger partial charge is 0.321 e. The van der Waals surface area contributed by atoms with Crippen LogP contribution in [0.3, 0.4) is 0 Å². The van der Waals surface area contributed by atoms with Crippen LogP contribution in [0, 0.1) is 6.92 Å². The second-order valence-electron chi connectivity index (χ2n) is 6.19. The van der Waals surface area contributed by atoms with Crippen molar-refractivity contribution in [3.63, 3.8) is 0 Å². The lowest BCUT2D eigenvalue weighted by molar-refractivity contribution is -0.137. The van der Waals surface area contributed by atoms with Crippen molar-refractivity contribution in [2.75, 3.05) is 51.3 Å². The molecule has 2 aliphatic heterocycles. The maximum Gasteiger partial charge on any atom is 0.321 e. The van der Waals surface area contributed by atoms with E-state index in [-0.39, 0.29) is 18.0 Å². The number of carbonyl (C=O) groups is 2. The minimum atomic E-state index is -0.258. The molecule has 7 nitrogen and oxygen atoms in total. The van der Waals surface area contributed by atoms with E-state index in [1.807, 2.05) is 36.1 Å². The van der Waals surface area contributed by atoms with Gasteiger partial charge in [0.15, 0.2) is 0 Å². The van der Waals surface area contributed by atoms with E-state index >= 15 is 0 Å². The summed E-state index contributed by atoms with van der Waals surface area (Å²) in [4.78, 5) is 28.3. The maximum absolute atomic E-state index is 12.4. The molecule has 0 radical (unpaired) electrons. The van der Waals surface area contributed by atoms with Crippen LogP contribution in [0.5, 0.6) is 0 Å². The van der Waals surface area contributed by atoms with Gasteiger partial charge in [-0.3, -0.25) is 4.79 Å². The number of nitrogens with one attached hydrogen (secondary N) is 2. The Kier molecular flexibility index (Phi) is 5.32. The quantitative estimate of drug-likeness (QED) is 0.834. The van der Waals surface area contributed by atoms with Gasteiger partial charge in [-0.05, 0) is 24.6 Å². The number of urea groups is 1. The summed E-state index contributed by atoms with van der Waals surface area (Å²) in [5, 5.41) is 6.09. The summed E-state index contributed by atoms with van der Waals surface area (Å²) in [5.41, 5.74) is 1.90. The lowest BCUT2D eigenvalue weighted by atomic mass is 10.2. The van der Waals surface area contributed by atoms with Crippen molar-refractivity contribution in [1.82, 2.24) is 15.1 Å². The van der Waals surface area contributed by atoms with Gasteiger partial charge in [0.2, 0.25) is 5.91 Å².